The van der Waals surface area contributed by atoms with E-state index >= 15 is 0 Å². The summed E-state index contributed by atoms with van der Waals surface area (Å²) in [6, 6.07) is 18.0. The number of hydrogen-bond acceptors (Lipinski definition) is 7. The number of anilines is 1. The van der Waals surface area contributed by atoms with E-state index in [2.05, 4.69) is 33.0 Å². The maximum atomic E-state index is 13.1. The SMILES string of the molecule is NC(C=O)(c1ccccc1)C(Nc1n[nH]c(=S)s1)C(=O)NCCCCc1ccccc1. The van der Waals surface area contributed by atoms with E-state index in [4.69, 9.17) is 18.0 Å². The average molecular weight is 456 g/mol. The van der Waals surface area contributed by atoms with Gasteiger partial charge >= 0.3 is 0 Å². The highest BCUT2D eigenvalue weighted by Gasteiger charge is 2.42. The van der Waals surface area contributed by atoms with Gasteiger partial charge in [-0.3, -0.25) is 9.89 Å². The number of hydrogen-bond donors (Lipinski definition) is 4. The second kappa shape index (κ2) is 10.9. The Bertz CT molecular complexity index is 1040. The summed E-state index contributed by atoms with van der Waals surface area (Å²) in [4.78, 5) is 25.2. The summed E-state index contributed by atoms with van der Waals surface area (Å²) in [6.07, 6.45) is 3.27. The van der Waals surface area contributed by atoms with E-state index < -0.39 is 11.6 Å². The van der Waals surface area contributed by atoms with Crippen LogP contribution in [-0.2, 0) is 21.5 Å². The molecular weight excluding hydrogens is 430 g/mol. The van der Waals surface area contributed by atoms with Crippen molar-refractivity contribution in [1.82, 2.24) is 15.5 Å². The molecule has 9 heteroatoms. The first-order valence-corrected chi connectivity index (χ1v) is 11.2. The minimum absolute atomic E-state index is 0.376. The van der Waals surface area contributed by atoms with Crippen LogP contribution in [0.3, 0.4) is 0 Å². The van der Waals surface area contributed by atoms with Crippen LogP contribution >= 0.6 is 23.6 Å². The lowest BCUT2D eigenvalue weighted by Crippen LogP contribution is -2.59. The number of aldehydes is 1. The molecule has 5 N–H and O–H groups in total. The summed E-state index contributed by atoms with van der Waals surface area (Å²) in [5.41, 5.74) is 6.69. The van der Waals surface area contributed by atoms with Crippen LogP contribution in [0.25, 0.3) is 0 Å². The maximum absolute atomic E-state index is 13.1. The van der Waals surface area contributed by atoms with E-state index in [1.54, 1.807) is 24.3 Å². The second-order valence-corrected chi connectivity index (χ2v) is 8.81. The Hall–Kier alpha value is -2.88. The largest absolute Gasteiger partial charge is 0.354 e. The van der Waals surface area contributed by atoms with E-state index in [1.165, 1.54) is 16.9 Å². The first-order valence-electron chi connectivity index (χ1n) is 9.97. The predicted molar refractivity (Wildman–Crippen MR) is 125 cm³/mol. The van der Waals surface area contributed by atoms with Gasteiger partial charge in [-0.2, -0.15) is 0 Å². The Balaban J connectivity index is 1.68. The van der Waals surface area contributed by atoms with Gasteiger partial charge in [-0.1, -0.05) is 72.0 Å². The number of nitrogens with zero attached hydrogens (tertiary/aromatic N) is 1. The molecule has 31 heavy (non-hydrogen) atoms. The van der Waals surface area contributed by atoms with Gasteiger partial charge in [0, 0.05) is 6.54 Å². The fraction of sp³-hybridized carbons (Fsp3) is 0.273. The van der Waals surface area contributed by atoms with Gasteiger partial charge in [0.05, 0.1) is 0 Å². The van der Waals surface area contributed by atoms with Gasteiger partial charge < -0.3 is 21.2 Å². The number of aromatic amines is 1. The van der Waals surface area contributed by atoms with Crippen molar-refractivity contribution in [3.8, 4) is 0 Å². The molecule has 2 unspecified atom stereocenters. The highest BCUT2D eigenvalue weighted by molar-refractivity contribution is 7.73. The Morgan fingerprint density at radius 3 is 2.45 bits per heavy atom. The van der Waals surface area contributed by atoms with Crippen molar-refractivity contribution in [3.05, 3.63) is 75.7 Å². The third-order valence-electron chi connectivity index (χ3n) is 4.95. The molecule has 0 aliphatic heterocycles. The topological polar surface area (TPSA) is 113 Å². The van der Waals surface area contributed by atoms with E-state index in [9.17, 15) is 9.59 Å². The summed E-state index contributed by atoms with van der Waals surface area (Å²) < 4.78 is 0.455. The number of rotatable bonds is 11. The highest BCUT2D eigenvalue weighted by atomic mass is 32.1. The molecule has 1 aromatic heterocycles. The van der Waals surface area contributed by atoms with Crippen LogP contribution in [0.15, 0.2) is 60.7 Å². The number of carbonyl (C=O) groups excluding carboxylic acids is 2. The molecule has 2 atom stereocenters. The van der Waals surface area contributed by atoms with Crippen molar-refractivity contribution in [2.24, 2.45) is 5.73 Å². The number of carbonyl (C=O) groups is 2. The van der Waals surface area contributed by atoms with E-state index in [0.29, 0.717) is 27.5 Å². The minimum Gasteiger partial charge on any atom is -0.354 e. The zero-order valence-corrected chi connectivity index (χ0v) is 18.5. The van der Waals surface area contributed by atoms with E-state index in [-0.39, 0.29) is 5.91 Å². The van der Waals surface area contributed by atoms with Crippen molar-refractivity contribution < 1.29 is 9.59 Å². The normalized spacial score (nSPS) is 13.7. The molecule has 7 nitrogen and oxygen atoms in total. The Morgan fingerprint density at radius 2 is 1.84 bits per heavy atom. The molecule has 2 aromatic carbocycles. The van der Waals surface area contributed by atoms with Crippen molar-refractivity contribution >= 4 is 40.9 Å². The zero-order chi connectivity index (χ0) is 22.1. The summed E-state index contributed by atoms with van der Waals surface area (Å²) in [5, 5.41) is 13.0. The minimum atomic E-state index is -1.58. The maximum Gasteiger partial charge on any atom is 0.245 e. The Morgan fingerprint density at radius 1 is 1.16 bits per heavy atom. The molecule has 0 aliphatic rings. The van der Waals surface area contributed by atoms with Gasteiger partial charge in [0.25, 0.3) is 0 Å². The lowest BCUT2D eigenvalue weighted by Gasteiger charge is -2.32. The molecule has 0 fully saturated rings. The molecule has 0 saturated heterocycles. The fourth-order valence-electron chi connectivity index (χ4n) is 3.26. The Kier molecular flexibility index (Phi) is 8.05. The lowest BCUT2D eigenvalue weighted by molar-refractivity contribution is -0.126. The molecule has 0 radical (unpaired) electrons. The number of aryl methyl sites for hydroxylation is 1. The number of H-pyrrole nitrogens is 1. The van der Waals surface area contributed by atoms with Crippen LogP contribution in [0.1, 0.15) is 24.0 Å². The summed E-state index contributed by atoms with van der Waals surface area (Å²) in [6.45, 7) is 0.476. The van der Waals surface area contributed by atoms with Crippen LogP contribution in [0, 0.1) is 3.95 Å². The first kappa shape index (κ1) is 22.8. The van der Waals surface area contributed by atoms with Crippen molar-refractivity contribution in [3.63, 3.8) is 0 Å². The van der Waals surface area contributed by atoms with Crippen molar-refractivity contribution in [1.29, 1.82) is 0 Å². The molecule has 0 bridgehead atoms. The average Bonchev–Trinajstić information content (AvgIpc) is 3.22. The van der Waals surface area contributed by atoms with Gasteiger partial charge in [-0.05, 0) is 42.6 Å². The van der Waals surface area contributed by atoms with Crippen LogP contribution in [0.5, 0.6) is 0 Å². The van der Waals surface area contributed by atoms with E-state index in [0.717, 1.165) is 19.3 Å². The Labute approximate surface area is 190 Å². The van der Waals surface area contributed by atoms with Crippen molar-refractivity contribution in [2.75, 3.05) is 11.9 Å². The van der Waals surface area contributed by atoms with Crippen LogP contribution in [-0.4, -0.2) is 35.0 Å². The summed E-state index contributed by atoms with van der Waals surface area (Å²) >= 11 is 6.24. The third kappa shape index (κ3) is 6.06. The molecule has 3 aromatic rings. The quantitative estimate of drug-likeness (QED) is 0.201. The number of nitrogens with one attached hydrogen (secondary N) is 3. The summed E-state index contributed by atoms with van der Waals surface area (Å²) in [7, 11) is 0. The second-order valence-electron chi connectivity index (χ2n) is 7.15. The van der Waals surface area contributed by atoms with Gasteiger partial charge in [0.2, 0.25) is 11.0 Å². The summed E-state index contributed by atoms with van der Waals surface area (Å²) in [5.74, 6) is -0.376. The first-order chi connectivity index (χ1) is 15.0. The molecule has 0 saturated carbocycles. The zero-order valence-electron chi connectivity index (χ0n) is 16.9. The van der Waals surface area contributed by atoms with Gasteiger partial charge in [0.1, 0.15) is 17.9 Å². The standard InChI is InChI=1S/C22H25N5O2S2/c23-22(15-28,17-12-5-2-6-13-17)18(25-20-26-27-21(30)31-20)19(29)24-14-8-7-11-16-9-3-1-4-10-16/h1-6,9-10,12-13,15,18H,7-8,11,14,23H2,(H,24,29)(H,25,26)(H,27,30). The van der Waals surface area contributed by atoms with Crippen LogP contribution in [0.2, 0.25) is 0 Å². The lowest BCUT2D eigenvalue weighted by atomic mass is 9.84. The van der Waals surface area contributed by atoms with Gasteiger partial charge in [0.15, 0.2) is 3.95 Å². The van der Waals surface area contributed by atoms with Gasteiger partial charge in [-0.15, -0.1) is 5.10 Å². The number of nitrogens with two attached hydrogens (primary N) is 1. The molecule has 0 spiro atoms. The fourth-order valence-corrected chi connectivity index (χ4v) is 4.08. The number of benzene rings is 2. The third-order valence-corrected chi connectivity index (χ3v) is 5.97. The highest BCUT2D eigenvalue weighted by Crippen LogP contribution is 2.24. The molecule has 3 rings (SSSR count). The van der Waals surface area contributed by atoms with Crippen LogP contribution < -0.4 is 16.4 Å². The monoisotopic (exact) mass is 455 g/mol. The molecule has 0 aliphatic carbocycles. The predicted octanol–water partition coefficient (Wildman–Crippen LogP) is 3.17. The molecule has 1 amide bonds. The van der Waals surface area contributed by atoms with E-state index in [1.807, 2.05) is 24.3 Å². The van der Waals surface area contributed by atoms with Gasteiger partial charge in [-0.25, -0.2) is 0 Å². The van der Waals surface area contributed by atoms with Crippen molar-refractivity contribution in [2.45, 2.75) is 30.8 Å². The molecule has 1 heterocycles. The number of unbranched alkanes of at least 4 members (excludes halogenated alkanes) is 1. The number of aromatic nitrogens is 2. The molecule has 162 valence electrons. The molecular formula is C22H25N5O2S2. The smallest absolute Gasteiger partial charge is 0.245 e. The van der Waals surface area contributed by atoms with Crippen LogP contribution in [0.4, 0.5) is 5.13 Å². The number of amides is 1.